The summed E-state index contributed by atoms with van der Waals surface area (Å²) in [6, 6.07) is 4.96. The van der Waals surface area contributed by atoms with E-state index in [1.807, 2.05) is 32.0 Å². The van der Waals surface area contributed by atoms with Gasteiger partial charge in [-0.15, -0.1) is 0 Å². The van der Waals surface area contributed by atoms with Crippen molar-refractivity contribution in [2.75, 3.05) is 18.4 Å². The van der Waals surface area contributed by atoms with Gasteiger partial charge >= 0.3 is 18.2 Å². The van der Waals surface area contributed by atoms with E-state index >= 15 is 0 Å². The highest BCUT2D eigenvalue weighted by atomic mass is 19.4. The van der Waals surface area contributed by atoms with E-state index in [9.17, 15) is 22.8 Å². The largest absolute Gasteiger partial charge is 0.481 e. The van der Waals surface area contributed by atoms with Gasteiger partial charge in [-0.2, -0.15) is 18.3 Å². The molecular formula is C18H19F3N4O3. The molecule has 3 rings (SSSR count). The average molecular weight is 396 g/mol. The molecule has 0 saturated carbocycles. The number of carbonyl (C=O) groups excluding carboxylic acids is 1. The summed E-state index contributed by atoms with van der Waals surface area (Å²) in [5, 5.41) is 15.7. The summed E-state index contributed by atoms with van der Waals surface area (Å²) in [7, 11) is 0. The molecule has 0 spiro atoms. The lowest BCUT2D eigenvalue weighted by atomic mass is 9.96. The van der Waals surface area contributed by atoms with Crippen LogP contribution in [0.5, 0.6) is 0 Å². The van der Waals surface area contributed by atoms with Crippen LogP contribution in [0, 0.1) is 25.7 Å². The number of carboxylic acids is 1. The number of aromatic nitrogens is 2. The van der Waals surface area contributed by atoms with Crippen molar-refractivity contribution in [1.82, 2.24) is 14.7 Å². The third-order valence-electron chi connectivity index (χ3n) is 4.78. The first kappa shape index (κ1) is 19.7. The molecule has 2 atom stereocenters. The highest BCUT2D eigenvalue weighted by Gasteiger charge is 2.53. The fourth-order valence-electron chi connectivity index (χ4n) is 3.34. The summed E-state index contributed by atoms with van der Waals surface area (Å²) in [4.78, 5) is 24.3. The molecule has 0 radical (unpaired) electrons. The Balaban J connectivity index is 1.72. The first-order chi connectivity index (χ1) is 13.1. The van der Waals surface area contributed by atoms with Gasteiger partial charge < -0.3 is 15.3 Å². The van der Waals surface area contributed by atoms with Crippen LogP contribution in [0.25, 0.3) is 5.69 Å². The number of urea groups is 1. The second kappa shape index (κ2) is 7.17. The molecule has 28 heavy (non-hydrogen) atoms. The predicted octanol–water partition coefficient (Wildman–Crippen LogP) is 3.22. The number of amides is 2. The Hall–Kier alpha value is -3.04. The Morgan fingerprint density at radius 3 is 2.54 bits per heavy atom. The number of hydrogen-bond donors (Lipinski definition) is 2. The second-order valence-electron chi connectivity index (χ2n) is 6.89. The first-order valence-electron chi connectivity index (χ1n) is 8.54. The lowest BCUT2D eigenvalue weighted by Crippen LogP contribution is -2.35. The fraction of sp³-hybridized carbons (Fsp3) is 0.389. The van der Waals surface area contributed by atoms with Crippen LogP contribution in [0.1, 0.15) is 11.1 Å². The maximum atomic E-state index is 13.1. The fourth-order valence-corrected chi connectivity index (χ4v) is 3.34. The number of likely N-dealkylation sites (tertiary alicyclic amines) is 1. The van der Waals surface area contributed by atoms with Crippen LogP contribution in [0.15, 0.2) is 30.6 Å². The number of carbonyl (C=O) groups is 2. The maximum Gasteiger partial charge on any atom is 0.394 e. The zero-order valence-corrected chi connectivity index (χ0v) is 15.2. The number of anilines is 1. The summed E-state index contributed by atoms with van der Waals surface area (Å²) in [6.45, 7) is 2.67. The van der Waals surface area contributed by atoms with Crippen molar-refractivity contribution in [3.8, 4) is 5.69 Å². The first-order valence-corrected chi connectivity index (χ1v) is 8.54. The van der Waals surface area contributed by atoms with Gasteiger partial charge in [-0.1, -0.05) is 17.7 Å². The Morgan fingerprint density at radius 2 is 1.96 bits per heavy atom. The lowest BCUT2D eigenvalue weighted by Gasteiger charge is -2.18. The molecule has 1 fully saturated rings. The SMILES string of the molecule is Cc1ccc(-n2cc(NC(=O)N3C[C@@H](C(F)(F)F)[C@H](C(=O)O)C3)cn2)c(C)c1. The van der Waals surface area contributed by atoms with Crippen LogP contribution in [0.4, 0.5) is 23.7 Å². The Bertz CT molecular complexity index is 910. The third-order valence-corrected chi connectivity index (χ3v) is 4.78. The van der Waals surface area contributed by atoms with Gasteiger partial charge in [0.05, 0.1) is 35.6 Å². The molecule has 7 nitrogen and oxygen atoms in total. The number of nitrogens with zero attached hydrogens (tertiary/aromatic N) is 3. The van der Waals surface area contributed by atoms with Crippen LogP contribution in [-0.4, -0.2) is 51.1 Å². The number of halogens is 3. The van der Waals surface area contributed by atoms with Crippen molar-refractivity contribution < 1.29 is 27.9 Å². The minimum atomic E-state index is -4.69. The normalized spacial score (nSPS) is 19.7. The monoisotopic (exact) mass is 396 g/mol. The minimum absolute atomic E-state index is 0.298. The number of rotatable bonds is 3. The van der Waals surface area contributed by atoms with Crippen LogP contribution >= 0.6 is 0 Å². The van der Waals surface area contributed by atoms with E-state index in [1.165, 1.54) is 6.20 Å². The highest BCUT2D eigenvalue weighted by molar-refractivity contribution is 5.90. The zero-order valence-electron chi connectivity index (χ0n) is 15.2. The molecule has 2 amide bonds. The molecule has 1 aliphatic heterocycles. The molecule has 2 aromatic rings. The summed E-state index contributed by atoms with van der Waals surface area (Å²) in [5.74, 6) is -5.34. The van der Waals surface area contributed by atoms with Gasteiger partial charge in [-0.3, -0.25) is 4.79 Å². The van der Waals surface area contributed by atoms with Crippen LogP contribution in [-0.2, 0) is 4.79 Å². The number of aliphatic carboxylic acids is 1. The van der Waals surface area contributed by atoms with Crippen molar-refractivity contribution in [3.05, 3.63) is 41.7 Å². The minimum Gasteiger partial charge on any atom is -0.481 e. The number of hydrogen-bond acceptors (Lipinski definition) is 3. The predicted molar refractivity (Wildman–Crippen MR) is 94.3 cm³/mol. The van der Waals surface area contributed by atoms with E-state index in [1.54, 1.807) is 10.9 Å². The average Bonchev–Trinajstić information content (AvgIpc) is 3.21. The van der Waals surface area contributed by atoms with Gasteiger partial charge in [0.15, 0.2) is 0 Å². The van der Waals surface area contributed by atoms with Gasteiger partial charge in [0.25, 0.3) is 0 Å². The summed E-state index contributed by atoms with van der Waals surface area (Å²) in [5.41, 5.74) is 3.16. The quantitative estimate of drug-likeness (QED) is 0.834. The molecule has 1 saturated heterocycles. The van der Waals surface area contributed by atoms with Gasteiger partial charge in [0.1, 0.15) is 0 Å². The summed E-state index contributed by atoms with van der Waals surface area (Å²) >= 11 is 0. The van der Waals surface area contributed by atoms with Crippen molar-refractivity contribution in [1.29, 1.82) is 0 Å². The molecule has 1 aliphatic rings. The van der Waals surface area contributed by atoms with E-state index < -0.39 is 43.1 Å². The van der Waals surface area contributed by atoms with Gasteiger partial charge in [0, 0.05) is 13.1 Å². The molecule has 0 aliphatic carbocycles. The second-order valence-corrected chi connectivity index (χ2v) is 6.89. The van der Waals surface area contributed by atoms with E-state index in [0.29, 0.717) is 5.69 Å². The molecule has 10 heteroatoms. The molecule has 0 bridgehead atoms. The number of carboxylic acid groups (broad SMARTS) is 1. The van der Waals surface area contributed by atoms with Crippen molar-refractivity contribution in [3.63, 3.8) is 0 Å². The van der Waals surface area contributed by atoms with E-state index in [2.05, 4.69) is 10.4 Å². The van der Waals surface area contributed by atoms with E-state index in [4.69, 9.17) is 5.11 Å². The zero-order chi connectivity index (χ0) is 20.6. The molecule has 2 N–H and O–H groups in total. The molecule has 0 unspecified atom stereocenters. The number of nitrogens with one attached hydrogen (secondary N) is 1. The van der Waals surface area contributed by atoms with Gasteiger partial charge in [0.2, 0.25) is 0 Å². The van der Waals surface area contributed by atoms with Crippen LogP contribution in [0.2, 0.25) is 0 Å². The Morgan fingerprint density at radius 1 is 1.25 bits per heavy atom. The molecule has 1 aromatic heterocycles. The van der Waals surface area contributed by atoms with Crippen molar-refractivity contribution >= 4 is 17.7 Å². The smallest absolute Gasteiger partial charge is 0.394 e. The summed E-state index contributed by atoms with van der Waals surface area (Å²) in [6.07, 6.45) is -1.77. The topological polar surface area (TPSA) is 87.5 Å². The molecule has 2 heterocycles. The maximum absolute atomic E-state index is 13.1. The van der Waals surface area contributed by atoms with E-state index in [-0.39, 0.29) is 0 Å². The number of alkyl halides is 3. The number of benzene rings is 1. The number of aryl methyl sites for hydroxylation is 2. The van der Waals surface area contributed by atoms with Gasteiger partial charge in [-0.05, 0) is 25.5 Å². The van der Waals surface area contributed by atoms with E-state index in [0.717, 1.165) is 21.7 Å². The van der Waals surface area contributed by atoms with Crippen molar-refractivity contribution in [2.24, 2.45) is 11.8 Å². The standard InChI is InChI=1S/C18H19F3N4O3/c1-10-3-4-15(11(2)5-10)25-7-12(6-22-25)23-17(28)24-8-13(16(26)27)14(9-24)18(19,20)21/h3-7,13-14H,8-9H2,1-2H3,(H,23,28)(H,26,27)/t13-,14-/m1/s1. The van der Waals surface area contributed by atoms with Crippen LogP contribution in [0.3, 0.4) is 0 Å². The highest BCUT2D eigenvalue weighted by Crippen LogP contribution is 2.37. The molecule has 1 aromatic carbocycles. The van der Waals surface area contributed by atoms with Crippen molar-refractivity contribution in [2.45, 2.75) is 20.0 Å². The lowest BCUT2D eigenvalue weighted by molar-refractivity contribution is -0.187. The molecule has 150 valence electrons. The van der Waals surface area contributed by atoms with Crippen LogP contribution < -0.4 is 5.32 Å². The Labute approximate surface area is 158 Å². The van der Waals surface area contributed by atoms with Gasteiger partial charge in [-0.25, -0.2) is 9.48 Å². The third kappa shape index (κ3) is 3.95. The summed E-state index contributed by atoms with van der Waals surface area (Å²) < 4.78 is 40.7. The Kier molecular flexibility index (Phi) is 5.05. The molecular weight excluding hydrogens is 377 g/mol.